The Balaban J connectivity index is 3.13. The zero-order chi connectivity index (χ0) is 10.9. The lowest BCUT2D eigenvalue weighted by Gasteiger charge is -2.09. The Labute approximate surface area is 77.4 Å². The molecule has 0 saturated carbocycles. The molecule has 0 N–H and O–H groups in total. The van der Waals surface area contributed by atoms with Gasteiger partial charge in [0.05, 0.1) is 6.42 Å². The smallest absolute Gasteiger partial charge is 0.207 e. The molecule has 0 aliphatic rings. The van der Waals surface area contributed by atoms with Crippen molar-refractivity contribution in [3.05, 3.63) is 34.9 Å². The molecule has 0 atom stereocenters. The highest BCUT2D eigenvalue weighted by atomic mass is 19.4. The van der Waals surface area contributed by atoms with E-state index in [9.17, 15) is 22.0 Å². The minimum absolute atomic E-state index is 0.00523. The molecule has 0 amide bonds. The third kappa shape index (κ3) is 2.43. The standard InChI is InChI=1S/C9H7F5/c1-5-2-3-7(10)6(8(5)11)4-9(12,13)14/h2-3H,4H2,1H3. The van der Waals surface area contributed by atoms with E-state index in [0.29, 0.717) is 0 Å². The molecular formula is C9H7F5. The molecule has 0 saturated heterocycles. The number of halogens is 5. The van der Waals surface area contributed by atoms with Gasteiger partial charge in [-0.2, -0.15) is 13.2 Å². The highest BCUT2D eigenvalue weighted by molar-refractivity contribution is 5.27. The van der Waals surface area contributed by atoms with Gasteiger partial charge in [0.15, 0.2) is 0 Å². The molecule has 0 aliphatic heterocycles. The van der Waals surface area contributed by atoms with E-state index in [1.807, 2.05) is 0 Å². The average Bonchev–Trinajstić information content (AvgIpc) is 2.04. The highest BCUT2D eigenvalue weighted by Crippen LogP contribution is 2.26. The van der Waals surface area contributed by atoms with Gasteiger partial charge in [0.2, 0.25) is 0 Å². The van der Waals surface area contributed by atoms with Crippen LogP contribution in [-0.4, -0.2) is 6.18 Å². The fraction of sp³-hybridized carbons (Fsp3) is 0.333. The first kappa shape index (κ1) is 10.9. The molecular weight excluding hydrogens is 203 g/mol. The highest BCUT2D eigenvalue weighted by Gasteiger charge is 2.31. The van der Waals surface area contributed by atoms with Gasteiger partial charge in [0, 0.05) is 5.56 Å². The maximum atomic E-state index is 13.1. The summed E-state index contributed by atoms with van der Waals surface area (Å²) in [6, 6.07) is 1.93. The predicted molar refractivity (Wildman–Crippen MR) is 40.9 cm³/mol. The second-order valence-corrected chi connectivity index (χ2v) is 2.95. The fourth-order valence-corrected chi connectivity index (χ4v) is 1.08. The van der Waals surface area contributed by atoms with Crippen LogP contribution in [0.25, 0.3) is 0 Å². The zero-order valence-corrected chi connectivity index (χ0v) is 7.25. The number of rotatable bonds is 1. The molecule has 0 unspecified atom stereocenters. The lowest BCUT2D eigenvalue weighted by Crippen LogP contribution is -2.14. The Morgan fingerprint density at radius 3 is 2.21 bits per heavy atom. The second-order valence-electron chi connectivity index (χ2n) is 2.95. The molecule has 78 valence electrons. The molecule has 0 aromatic heterocycles. The molecule has 0 aliphatic carbocycles. The maximum absolute atomic E-state index is 13.1. The van der Waals surface area contributed by atoms with Crippen LogP contribution in [0.2, 0.25) is 0 Å². The van der Waals surface area contributed by atoms with Gasteiger partial charge in [-0.25, -0.2) is 8.78 Å². The Kier molecular flexibility index (Phi) is 2.78. The van der Waals surface area contributed by atoms with Crippen LogP contribution >= 0.6 is 0 Å². The van der Waals surface area contributed by atoms with Crippen molar-refractivity contribution in [2.75, 3.05) is 0 Å². The predicted octanol–water partition coefficient (Wildman–Crippen LogP) is 3.38. The minimum Gasteiger partial charge on any atom is -0.207 e. The van der Waals surface area contributed by atoms with Crippen LogP contribution in [0.4, 0.5) is 22.0 Å². The van der Waals surface area contributed by atoms with E-state index in [-0.39, 0.29) is 5.56 Å². The molecule has 1 aromatic carbocycles. The summed E-state index contributed by atoms with van der Waals surface area (Å²) in [7, 11) is 0. The lowest BCUT2D eigenvalue weighted by molar-refractivity contribution is -0.128. The summed E-state index contributed by atoms with van der Waals surface area (Å²) in [5, 5.41) is 0. The van der Waals surface area contributed by atoms with Crippen molar-refractivity contribution >= 4 is 0 Å². The topological polar surface area (TPSA) is 0 Å². The number of aryl methyl sites for hydroxylation is 1. The maximum Gasteiger partial charge on any atom is 0.393 e. The van der Waals surface area contributed by atoms with E-state index >= 15 is 0 Å². The van der Waals surface area contributed by atoms with Gasteiger partial charge in [-0.3, -0.25) is 0 Å². The molecule has 0 heterocycles. The number of hydrogen-bond donors (Lipinski definition) is 0. The fourth-order valence-electron chi connectivity index (χ4n) is 1.08. The number of hydrogen-bond acceptors (Lipinski definition) is 0. The molecule has 14 heavy (non-hydrogen) atoms. The van der Waals surface area contributed by atoms with Crippen molar-refractivity contribution in [3.8, 4) is 0 Å². The third-order valence-electron chi connectivity index (χ3n) is 1.76. The van der Waals surface area contributed by atoms with Gasteiger partial charge in [0.25, 0.3) is 0 Å². The monoisotopic (exact) mass is 210 g/mol. The van der Waals surface area contributed by atoms with E-state index < -0.39 is 29.8 Å². The van der Waals surface area contributed by atoms with Crippen LogP contribution in [0.1, 0.15) is 11.1 Å². The van der Waals surface area contributed by atoms with Crippen LogP contribution in [0, 0.1) is 18.6 Å². The molecule has 0 fully saturated rings. The van der Waals surface area contributed by atoms with E-state index in [2.05, 4.69) is 0 Å². The van der Waals surface area contributed by atoms with Crippen molar-refractivity contribution in [3.63, 3.8) is 0 Å². The first-order chi connectivity index (χ1) is 6.31. The van der Waals surface area contributed by atoms with Crippen molar-refractivity contribution in [2.24, 2.45) is 0 Å². The molecule has 0 spiro atoms. The largest absolute Gasteiger partial charge is 0.393 e. The summed E-state index contributed by atoms with van der Waals surface area (Å²) in [5.74, 6) is -2.28. The zero-order valence-electron chi connectivity index (χ0n) is 7.25. The molecule has 1 aromatic rings. The first-order valence-electron chi connectivity index (χ1n) is 3.81. The van der Waals surface area contributed by atoms with E-state index in [0.717, 1.165) is 12.1 Å². The van der Waals surface area contributed by atoms with Crippen LogP contribution in [0.15, 0.2) is 12.1 Å². The number of benzene rings is 1. The van der Waals surface area contributed by atoms with Crippen LogP contribution in [0.3, 0.4) is 0 Å². The Hall–Kier alpha value is -1.13. The van der Waals surface area contributed by atoms with Crippen molar-refractivity contribution in [1.29, 1.82) is 0 Å². The quantitative estimate of drug-likeness (QED) is 0.623. The Bertz CT molecular complexity index is 340. The van der Waals surface area contributed by atoms with Crippen molar-refractivity contribution in [1.82, 2.24) is 0 Å². The molecule has 1 rings (SSSR count). The van der Waals surface area contributed by atoms with Gasteiger partial charge in [0.1, 0.15) is 11.6 Å². The second kappa shape index (κ2) is 3.55. The van der Waals surface area contributed by atoms with Crippen LogP contribution in [-0.2, 0) is 6.42 Å². The van der Waals surface area contributed by atoms with Crippen LogP contribution in [0.5, 0.6) is 0 Å². The Morgan fingerprint density at radius 1 is 1.14 bits per heavy atom. The normalized spacial score (nSPS) is 11.9. The van der Waals surface area contributed by atoms with E-state index in [1.54, 1.807) is 0 Å². The van der Waals surface area contributed by atoms with Crippen LogP contribution < -0.4 is 0 Å². The summed E-state index contributed by atoms with van der Waals surface area (Å²) in [6.07, 6.45) is -6.18. The van der Waals surface area contributed by atoms with Crippen molar-refractivity contribution < 1.29 is 22.0 Å². The average molecular weight is 210 g/mol. The number of alkyl halides is 3. The van der Waals surface area contributed by atoms with Gasteiger partial charge in [-0.1, -0.05) is 6.07 Å². The van der Waals surface area contributed by atoms with Crippen molar-refractivity contribution in [2.45, 2.75) is 19.5 Å². The first-order valence-corrected chi connectivity index (χ1v) is 3.81. The molecule has 0 radical (unpaired) electrons. The SMILES string of the molecule is Cc1ccc(F)c(CC(F)(F)F)c1F. The summed E-state index contributed by atoms with van der Waals surface area (Å²) in [4.78, 5) is 0. The molecule has 5 heteroatoms. The van der Waals surface area contributed by atoms with Gasteiger partial charge in [-0.05, 0) is 18.6 Å². The van der Waals surface area contributed by atoms with E-state index in [1.165, 1.54) is 6.92 Å². The summed E-state index contributed by atoms with van der Waals surface area (Å²) in [5.41, 5.74) is -0.914. The minimum atomic E-state index is -4.60. The summed E-state index contributed by atoms with van der Waals surface area (Å²) in [6.45, 7) is 1.29. The summed E-state index contributed by atoms with van der Waals surface area (Å²) >= 11 is 0. The lowest BCUT2D eigenvalue weighted by atomic mass is 10.1. The van der Waals surface area contributed by atoms with Gasteiger partial charge < -0.3 is 0 Å². The van der Waals surface area contributed by atoms with E-state index in [4.69, 9.17) is 0 Å². The summed E-state index contributed by atoms with van der Waals surface area (Å²) < 4.78 is 61.6. The Morgan fingerprint density at radius 2 is 1.71 bits per heavy atom. The van der Waals surface area contributed by atoms with Gasteiger partial charge >= 0.3 is 6.18 Å². The molecule has 0 bridgehead atoms. The third-order valence-corrected chi connectivity index (χ3v) is 1.76. The molecule has 0 nitrogen and oxygen atoms in total. The van der Waals surface area contributed by atoms with Gasteiger partial charge in [-0.15, -0.1) is 0 Å².